The van der Waals surface area contributed by atoms with Crippen molar-refractivity contribution >= 4 is 23.1 Å². The Balaban J connectivity index is 2.49. The molecule has 5 heteroatoms. The molecule has 108 valence electrons. The molecule has 21 heavy (non-hydrogen) atoms. The monoisotopic (exact) mass is 287 g/mol. The highest BCUT2D eigenvalue weighted by Gasteiger charge is 2.30. The van der Waals surface area contributed by atoms with Gasteiger partial charge in [-0.1, -0.05) is 6.58 Å². The summed E-state index contributed by atoms with van der Waals surface area (Å²) in [6, 6.07) is 1.16. The molecule has 4 nitrogen and oxygen atoms in total. The summed E-state index contributed by atoms with van der Waals surface area (Å²) < 4.78 is 15.8. The van der Waals surface area contributed by atoms with E-state index in [0.29, 0.717) is 16.6 Å². The SMILES string of the molecule is C=Cn1cc(C(=O)O)c(=O)c2cc(F)c(C3CC3)c(C)c21. The summed E-state index contributed by atoms with van der Waals surface area (Å²) in [4.78, 5) is 23.4. The minimum atomic E-state index is -1.33. The molecule has 1 heterocycles. The van der Waals surface area contributed by atoms with Crippen LogP contribution in [0.5, 0.6) is 0 Å². The predicted molar refractivity (Wildman–Crippen MR) is 78.2 cm³/mol. The Kier molecular flexibility index (Phi) is 2.93. The van der Waals surface area contributed by atoms with Gasteiger partial charge in [-0.05, 0) is 42.9 Å². The summed E-state index contributed by atoms with van der Waals surface area (Å²) in [5.74, 6) is -1.57. The normalized spacial score (nSPS) is 14.4. The molecule has 3 rings (SSSR count). The number of rotatable bonds is 3. The van der Waals surface area contributed by atoms with Crippen molar-refractivity contribution in [1.29, 1.82) is 0 Å². The van der Waals surface area contributed by atoms with Gasteiger partial charge in [-0.25, -0.2) is 9.18 Å². The fourth-order valence-corrected chi connectivity index (χ4v) is 2.86. The molecule has 1 aromatic carbocycles. The summed E-state index contributed by atoms with van der Waals surface area (Å²) in [5, 5.41) is 9.17. The molecule has 0 radical (unpaired) electrons. The Morgan fingerprint density at radius 2 is 2.19 bits per heavy atom. The number of fused-ring (bicyclic) bond motifs is 1. The van der Waals surface area contributed by atoms with Gasteiger partial charge in [0.15, 0.2) is 0 Å². The van der Waals surface area contributed by atoms with Crippen LogP contribution in [0, 0.1) is 12.7 Å². The highest BCUT2D eigenvalue weighted by atomic mass is 19.1. The lowest BCUT2D eigenvalue weighted by molar-refractivity contribution is 0.0695. The van der Waals surface area contributed by atoms with Gasteiger partial charge in [0.05, 0.1) is 10.9 Å². The molecular weight excluding hydrogens is 273 g/mol. The Morgan fingerprint density at radius 3 is 2.71 bits per heavy atom. The largest absolute Gasteiger partial charge is 0.477 e. The summed E-state index contributed by atoms with van der Waals surface area (Å²) in [6.45, 7) is 5.40. The predicted octanol–water partition coefficient (Wildman–Crippen LogP) is 3.13. The number of carbonyl (C=O) groups is 1. The number of pyridine rings is 1. The number of aromatic carboxylic acids is 1. The number of carboxylic acids is 1. The molecule has 0 bridgehead atoms. The molecule has 1 aliphatic rings. The third kappa shape index (κ3) is 1.96. The van der Waals surface area contributed by atoms with E-state index in [0.717, 1.165) is 18.9 Å². The van der Waals surface area contributed by atoms with Crippen molar-refractivity contribution in [2.24, 2.45) is 0 Å². The van der Waals surface area contributed by atoms with Crippen LogP contribution in [-0.2, 0) is 0 Å². The van der Waals surface area contributed by atoms with Crippen molar-refractivity contribution in [2.75, 3.05) is 0 Å². The van der Waals surface area contributed by atoms with E-state index in [2.05, 4.69) is 6.58 Å². The first-order valence-corrected chi connectivity index (χ1v) is 6.69. The maximum Gasteiger partial charge on any atom is 0.341 e. The zero-order valence-electron chi connectivity index (χ0n) is 11.5. The van der Waals surface area contributed by atoms with E-state index in [-0.39, 0.29) is 16.9 Å². The van der Waals surface area contributed by atoms with E-state index < -0.39 is 17.2 Å². The van der Waals surface area contributed by atoms with Gasteiger partial charge in [-0.2, -0.15) is 0 Å². The van der Waals surface area contributed by atoms with Crippen LogP contribution < -0.4 is 5.43 Å². The number of aromatic nitrogens is 1. The lowest BCUT2D eigenvalue weighted by Crippen LogP contribution is -2.18. The molecule has 0 atom stereocenters. The second-order valence-electron chi connectivity index (χ2n) is 5.33. The maximum atomic E-state index is 14.3. The molecule has 0 unspecified atom stereocenters. The van der Waals surface area contributed by atoms with Crippen LogP contribution in [0.4, 0.5) is 4.39 Å². The Bertz CT molecular complexity index is 847. The lowest BCUT2D eigenvalue weighted by Gasteiger charge is -2.14. The minimum Gasteiger partial charge on any atom is -0.477 e. The lowest BCUT2D eigenvalue weighted by atomic mass is 9.98. The molecule has 0 saturated heterocycles. The highest BCUT2D eigenvalue weighted by Crippen LogP contribution is 2.44. The van der Waals surface area contributed by atoms with Gasteiger partial charge >= 0.3 is 5.97 Å². The van der Waals surface area contributed by atoms with Crippen LogP contribution >= 0.6 is 0 Å². The fraction of sp³-hybridized carbons (Fsp3) is 0.250. The number of aryl methyl sites for hydroxylation is 1. The van der Waals surface area contributed by atoms with Crippen LogP contribution in [-0.4, -0.2) is 15.6 Å². The standard InChI is InChI=1S/C16H14FNO3/c1-3-18-7-11(16(20)21)15(19)10-6-12(17)13(9-4-5-9)8(2)14(10)18/h3,6-7,9H,1,4-5H2,2H3,(H,20,21). The summed E-state index contributed by atoms with van der Waals surface area (Å²) in [7, 11) is 0. The third-order valence-electron chi connectivity index (χ3n) is 3.97. The van der Waals surface area contributed by atoms with Crippen molar-refractivity contribution in [2.45, 2.75) is 25.7 Å². The molecule has 1 aliphatic carbocycles. The van der Waals surface area contributed by atoms with Gasteiger partial charge in [0.1, 0.15) is 11.4 Å². The van der Waals surface area contributed by atoms with Gasteiger partial charge in [-0.15, -0.1) is 0 Å². The van der Waals surface area contributed by atoms with Crippen LogP contribution in [0.25, 0.3) is 17.1 Å². The number of nitrogens with zero attached hydrogens (tertiary/aromatic N) is 1. The van der Waals surface area contributed by atoms with E-state index >= 15 is 0 Å². The molecule has 1 aromatic heterocycles. The average Bonchev–Trinajstić information content (AvgIpc) is 3.24. The number of hydrogen-bond donors (Lipinski definition) is 1. The van der Waals surface area contributed by atoms with Crippen molar-refractivity contribution in [1.82, 2.24) is 4.57 Å². The van der Waals surface area contributed by atoms with Gasteiger partial charge in [0.2, 0.25) is 5.43 Å². The van der Waals surface area contributed by atoms with Crippen molar-refractivity contribution in [3.63, 3.8) is 0 Å². The van der Waals surface area contributed by atoms with Crippen molar-refractivity contribution < 1.29 is 14.3 Å². The Labute approximate surface area is 120 Å². The van der Waals surface area contributed by atoms with Crippen LogP contribution in [0.15, 0.2) is 23.6 Å². The van der Waals surface area contributed by atoms with Crippen molar-refractivity contribution in [3.05, 3.63) is 51.6 Å². The second-order valence-corrected chi connectivity index (χ2v) is 5.33. The zero-order chi connectivity index (χ0) is 15.3. The number of hydrogen-bond acceptors (Lipinski definition) is 2. The average molecular weight is 287 g/mol. The quantitative estimate of drug-likeness (QED) is 0.943. The van der Waals surface area contributed by atoms with Crippen molar-refractivity contribution in [3.8, 4) is 0 Å². The molecule has 0 aliphatic heterocycles. The molecule has 1 N–H and O–H groups in total. The molecular formula is C16H14FNO3. The molecule has 0 spiro atoms. The van der Waals surface area contributed by atoms with Gasteiger partial charge in [0.25, 0.3) is 0 Å². The molecule has 2 aromatic rings. The third-order valence-corrected chi connectivity index (χ3v) is 3.97. The second kappa shape index (κ2) is 4.55. The fourth-order valence-electron chi connectivity index (χ4n) is 2.86. The first kappa shape index (κ1) is 13.5. The number of benzene rings is 1. The molecule has 0 amide bonds. The first-order valence-electron chi connectivity index (χ1n) is 6.69. The Morgan fingerprint density at radius 1 is 1.52 bits per heavy atom. The highest BCUT2D eigenvalue weighted by molar-refractivity contribution is 5.94. The topological polar surface area (TPSA) is 59.3 Å². The first-order chi connectivity index (χ1) is 9.95. The summed E-state index contributed by atoms with van der Waals surface area (Å²) in [5.41, 5.74) is 0.783. The van der Waals surface area contributed by atoms with E-state index in [9.17, 15) is 14.0 Å². The van der Waals surface area contributed by atoms with Crippen LogP contribution in [0.2, 0.25) is 0 Å². The van der Waals surface area contributed by atoms with E-state index in [1.54, 1.807) is 6.92 Å². The van der Waals surface area contributed by atoms with Gasteiger partial charge in [0, 0.05) is 12.4 Å². The van der Waals surface area contributed by atoms with E-state index in [4.69, 9.17) is 5.11 Å². The summed E-state index contributed by atoms with van der Waals surface area (Å²) >= 11 is 0. The zero-order valence-corrected chi connectivity index (χ0v) is 11.5. The van der Waals surface area contributed by atoms with Crippen LogP contribution in [0.1, 0.15) is 40.2 Å². The summed E-state index contributed by atoms with van der Waals surface area (Å²) in [6.07, 6.45) is 4.54. The van der Waals surface area contributed by atoms with Gasteiger partial charge in [-0.3, -0.25) is 4.79 Å². The van der Waals surface area contributed by atoms with E-state index in [1.165, 1.54) is 17.0 Å². The number of carboxylic acid groups (broad SMARTS) is 1. The maximum absolute atomic E-state index is 14.3. The van der Waals surface area contributed by atoms with Gasteiger partial charge < -0.3 is 9.67 Å². The molecule has 1 saturated carbocycles. The van der Waals surface area contributed by atoms with Crippen LogP contribution in [0.3, 0.4) is 0 Å². The van der Waals surface area contributed by atoms with E-state index in [1.807, 2.05) is 0 Å². The number of halogens is 1. The Hall–Kier alpha value is -2.43. The minimum absolute atomic E-state index is 0.0780. The molecule has 1 fully saturated rings. The smallest absolute Gasteiger partial charge is 0.341 e.